The van der Waals surface area contributed by atoms with E-state index < -0.39 is 22.7 Å². The molecule has 7 nitrogen and oxygen atoms in total. The molecule has 8 heteroatoms. The number of likely N-dealkylation sites (tertiary alicyclic amines) is 2. The lowest BCUT2D eigenvalue weighted by atomic mass is 9.75. The van der Waals surface area contributed by atoms with Gasteiger partial charge >= 0.3 is 0 Å². The maximum atomic E-state index is 14.2. The Morgan fingerprint density at radius 2 is 1.83 bits per heavy atom. The van der Waals surface area contributed by atoms with Gasteiger partial charge < -0.3 is 10.0 Å². The number of halogens is 1. The first-order valence-electron chi connectivity index (χ1n) is 12.4. The lowest BCUT2D eigenvalue weighted by molar-refractivity contribution is -0.146. The van der Waals surface area contributed by atoms with Gasteiger partial charge in [0.2, 0.25) is 17.7 Å². The van der Waals surface area contributed by atoms with Crippen molar-refractivity contribution in [1.82, 2.24) is 14.8 Å². The van der Waals surface area contributed by atoms with Gasteiger partial charge in [0.25, 0.3) is 0 Å². The van der Waals surface area contributed by atoms with Crippen molar-refractivity contribution in [1.29, 1.82) is 0 Å². The molecule has 3 amide bonds. The Bertz CT molecular complexity index is 1130. The van der Waals surface area contributed by atoms with Crippen LogP contribution in [0.15, 0.2) is 48.7 Å². The summed E-state index contributed by atoms with van der Waals surface area (Å²) in [6.45, 7) is 0.610. The van der Waals surface area contributed by atoms with Gasteiger partial charge in [0.15, 0.2) is 0 Å². The Balaban J connectivity index is 1.38. The molecule has 184 valence electrons. The highest BCUT2D eigenvalue weighted by molar-refractivity contribution is 6.11. The number of nitrogens with zero attached hydrogens (tertiary/aromatic N) is 3. The number of carbonyl (C=O) groups excluding carboxylic acids is 3. The summed E-state index contributed by atoms with van der Waals surface area (Å²) in [5, 5.41) is 11.1. The molecule has 1 saturated carbocycles. The first kappa shape index (κ1) is 23.6. The molecule has 2 saturated heterocycles. The van der Waals surface area contributed by atoms with Crippen LogP contribution in [0.1, 0.15) is 62.6 Å². The van der Waals surface area contributed by atoms with E-state index in [1.165, 1.54) is 23.1 Å². The zero-order chi connectivity index (χ0) is 24.6. The third kappa shape index (κ3) is 4.24. The Kier molecular flexibility index (Phi) is 6.17. The van der Waals surface area contributed by atoms with Crippen LogP contribution in [0.3, 0.4) is 0 Å². The van der Waals surface area contributed by atoms with Crippen molar-refractivity contribution in [3.05, 3.63) is 65.7 Å². The molecular weight excluding hydrogens is 449 g/mol. The summed E-state index contributed by atoms with van der Waals surface area (Å²) in [5.41, 5.74) is -1.58. The average molecular weight is 480 g/mol. The zero-order valence-corrected chi connectivity index (χ0v) is 19.7. The van der Waals surface area contributed by atoms with Gasteiger partial charge in [-0.25, -0.2) is 4.39 Å². The maximum absolute atomic E-state index is 14.2. The van der Waals surface area contributed by atoms with Gasteiger partial charge in [0, 0.05) is 38.2 Å². The predicted octanol–water partition coefficient (Wildman–Crippen LogP) is 3.06. The van der Waals surface area contributed by atoms with Crippen LogP contribution < -0.4 is 0 Å². The summed E-state index contributed by atoms with van der Waals surface area (Å²) < 4.78 is 14.2. The fourth-order valence-electron chi connectivity index (χ4n) is 5.94. The fourth-order valence-corrected chi connectivity index (χ4v) is 5.94. The van der Waals surface area contributed by atoms with Crippen LogP contribution in [0.2, 0.25) is 0 Å². The van der Waals surface area contributed by atoms with Crippen LogP contribution >= 0.6 is 0 Å². The molecule has 0 spiro atoms. The van der Waals surface area contributed by atoms with Crippen molar-refractivity contribution >= 4 is 17.7 Å². The number of aliphatic hydroxyl groups is 1. The second-order valence-corrected chi connectivity index (χ2v) is 10.1. The third-order valence-corrected chi connectivity index (χ3v) is 7.95. The zero-order valence-electron chi connectivity index (χ0n) is 19.7. The monoisotopic (exact) mass is 479 g/mol. The topological polar surface area (TPSA) is 90.8 Å². The molecule has 1 aromatic carbocycles. The van der Waals surface area contributed by atoms with Crippen molar-refractivity contribution in [3.8, 4) is 0 Å². The Hall–Kier alpha value is -3.13. The molecular formula is C27H30FN3O4. The highest BCUT2D eigenvalue weighted by atomic mass is 19.1. The lowest BCUT2D eigenvalue weighted by Crippen LogP contribution is -2.49. The van der Waals surface area contributed by atoms with Crippen molar-refractivity contribution in [3.63, 3.8) is 0 Å². The molecule has 35 heavy (non-hydrogen) atoms. The minimum Gasteiger partial charge on any atom is -0.383 e. The predicted molar refractivity (Wildman–Crippen MR) is 125 cm³/mol. The number of pyridine rings is 1. The molecule has 1 aliphatic carbocycles. The normalized spacial score (nSPS) is 24.9. The lowest BCUT2D eigenvalue weighted by Gasteiger charge is -2.39. The fraction of sp³-hybridized carbons (Fsp3) is 0.481. The summed E-state index contributed by atoms with van der Waals surface area (Å²) >= 11 is 0. The van der Waals surface area contributed by atoms with Gasteiger partial charge in [-0.3, -0.25) is 24.3 Å². The van der Waals surface area contributed by atoms with Crippen LogP contribution in [0.25, 0.3) is 0 Å². The molecule has 1 N–H and O–H groups in total. The van der Waals surface area contributed by atoms with E-state index in [9.17, 15) is 23.9 Å². The van der Waals surface area contributed by atoms with Crippen molar-refractivity contribution in [2.75, 3.05) is 13.1 Å². The van der Waals surface area contributed by atoms with Gasteiger partial charge in [-0.1, -0.05) is 31.0 Å². The molecule has 3 aliphatic rings. The number of rotatable bonds is 5. The van der Waals surface area contributed by atoms with E-state index in [2.05, 4.69) is 4.98 Å². The van der Waals surface area contributed by atoms with Crippen LogP contribution in [-0.4, -0.2) is 56.7 Å². The van der Waals surface area contributed by atoms with E-state index in [-0.39, 0.29) is 30.7 Å². The number of piperidine rings is 1. The summed E-state index contributed by atoms with van der Waals surface area (Å²) in [6.07, 6.45) is 5.39. The third-order valence-electron chi connectivity index (χ3n) is 7.95. The second kappa shape index (κ2) is 9.15. The Labute approximate surface area is 203 Å². The number of hydrogen-bond acceptors (Lipinski definition) is 5. The molecule has 3 heterocycles. The largest absolute Gasteiger partial charge is 0.383 e. The van der Waals surface area contributed by atoms with E-state index in [1.807, 2.05) is 6.07 Å². The van der Waals surface area contributed by atoms with E-state index in [4.69, 9.17) is 0 Å². The SMILES string of the molecule is O=C(CC1(c2cccc(F)c2)CC(=O)N(C2CCCC2)C1=O)N1CCC(O)(c2ccccn2)CC1. The first-order chi connectivity index (χ1) is 16.8. The number of benzene rings is 1. The van der Waals surface area contributed by atoms with Gasteiger partial charge in [0.1, 0.15) is 11.4 Å². The van der Waals surface area contributed by atoms with Gasteiger partial charge in [-0.15, -0.1) is 0 Å². The maximum Gasteiger partial charge on any atom is 0.241 e. The highest BCUT2D eigenvalue weighted by Gasteiger charge is 2.56. The minimum atomic E-state index is -1.41. The molecule has 2 aromatic rings. The smallest absolute Gasteiger partial charge is 0.241 e. The summed E-state index contributed by atoms with van der Waals surface area (Å²) in [7, 11) is 0. The first-order valence-corrected chi connectivity index (χ1v) is 12.4. The molecule has 3 fully saturated rings. The molecule has 0 radical (unpaired) electrons. The van der Waals surface area contributed by atoms with Crippen LogP contribution in [0.4, 0.5) is 4.39 Å². The van der Waals surface area contributed by atoms with Crippen molar-refractivity contribution < 1.29 is 23.9 Å². The van der Waals surface area contributed by atoms with Crippen molar-refractivity contribution in [2.24, 2.45) is 0 Å². The summed E-state index contributed by atoms with van der Waals surface area (Å²) in [5.74, 6) is -1.46. The van der Waals surface area contributed by atoms with Gasteiger partial charge in [-0.2, -0.15) is 0 Å². The van der Waals surface area contributed by atoms with Crippen LogP contribution in [0, 0.1) is 5.82 Å². The van der Waals surface area contributed by atoms with Gasteiger partial charge in [-0.05, 0) is 55.5 Å². The van der Waals surface area contributed by atoms with Crippen LogP contribution in [0.5, 0.6) is 0 Å². The van der Waals surface area contributed by atoms with Crippen molar-refractivity contribution in [2.45, 2.75) is 68.4 Å². The number of hydrogen-bond donors (Lipinski definition) is 1. The van der Waals surface area contributed by atoms with Crippen LogP contribution in [-0.2, 0) is 25.4 Å². The Morgan fingerprint density at radius 1 is 1.09 bits per heavy atom. The molecule has 5 rings (SSSR count). The number of carbonyl (C=O) groups is 3. The average Bonchev–Trinajstić information content (AvgIpc) is 3.46. The quantitative estimate of drug-likeness (QED) is 0.666. The molecule has 1 atom stereocenters. The number of aromatic nitrogens is 1. The molecule has 1 aromatic heterocycles. The number of amides is 3. The standard InChI is InChI=1S/C27H30FN3O4/c28-20-7-5-6-19(16-20)26(18-24(33)31(25(26)34)21-8-1-2-9-21)17-23(32)30-14-11-27(35,12-15-30)22-10-3-4-13-29-22/h3-7,10,13,16,21,35H,1-2,8-9,11-12,14-15,17-18H2. The highest BCUT2D eigenvalue weighted by Crippen LogP contribution is 2.43. The summed E-state index contributed by atoms with van der Waals surface area (Å²) in [4.78, 5) is 47.7. The molecule has 0 bridgehead atoms. The Morgan fingerprint density at radius 3 is 2.49 bits per heavy atom. The van der Waals surface area contributed by atoms with E-state index >= 15 is 0 Å². The second-order valence-electron chi connectivity index (χ2n) is 10.1. The van der Waals surface area contributed by atoms with Gasteiger partial charge in [0.05, 0.1) is 11.1 Å². The van der Waals surface area contributed by atoms with E-state index in [0.29, 0.717) is 37.2 Å². The minimum absolute atomic E-state index is 0.136. The number of imide groups is 1. The van der Waals surface area contributed by atoms with E-state index in [1.54, 1.807) is 29.3 Å². The molecule has 1 unspecified atom stereocenters. The molecule has 2 aliphatic heterocycles. The summed E-state index contributed by atoms with van der Waals surface area (Å²) in [6, 6.07) is 10.9. The van der Waals surface area contributed by atoms with E-state index in [0.717, 1.165) is 25.7 Å².